The van der Waals surface area contributed by atoms with Crippen LogP contribution in [0.3, 0.4) is 0 Å². The standard InChI is InChI=1S/C60H49N5/c1-38-37-59(2,3)50-35-32-45(36-51(50)60(38,4)5)64-52-22-14-12-20-46(52)48-33-34-49-47-21-13-15-23-53(47)65(55(49)54(48)64)58-62-56(43-28-24-41(25-29-43)39-16-8-6-9-17-39)61-57(63-58)44-30-26-42(27-31-44)40-18-10-7-11-19-40/h6-36,38H,37H2,1-5H3. The van der Waals surface area contributed by atoms with E-state index in [1.165, 1.54) is 38.5 Å². The van der Waals surface area contributed by atoms with Gasteiger partial charge in [0.2, 0.25) is 5.95 Å². The number of nitrogens with zero attached hydrogens (tertiary/aromatic N) is 5. The molecule has 0 saturated carbocycles. The first-order valence-electron chi connectivity index (χ1n) is 22.8. The molecular formula is C60H49N5. The van der Waals surface area contributed by atoms with Crippen molar-refractivity contribution in [3.63, 3.8) is 0 Å². The monoisotopic (exact) mass is 839 g/mol. The predicted molar refractivity (Wildman–Crippen MR) is 270 cm³/mol. The van der Waals surface area contributed by atoms with E-state index in [0.717, 1.165) is 61.7 Å². The molecule has 1 aliphatic carbocycles. The van der Waals surface area contributed by atoms with Gasteiger partial charge in [0.1, 0.15) is 0 Å². The fraction of sp³-hybridized carbons (Fsp3) is 0.150. The molecule has 0 amide bonds. The molecule has 8 aromatic carbocycles. The predicted octanol–water partition coefficient (Wildman–Crippen LogP) is 15.3. The van der Waals surface area contributed by atoms with Gasteiger partial charge in [-0.1, -0.05) is 198 Å². The molecule has 314 valence electrons. The molecule has 1 aliphatic rings. The van der Waals surface area contributed by atoms with Gasteiger partial charge in [-0.25, -0.2) is 4.98 Å². The molecule has 3 aromatic heterocycles. The van der Waals surface area contributed by atoms with Crippen LogP contribution in [0.25, 0.3) is 100 Å². The van der Waals surface area contributed by atoms with Crippen LogP contribution in [0.5, 0.6) is 0 Å². The lowest BCUT2D eigenvalue weighted by Crippen LogP contribution is -2.40. The summed E-state index contributed by atoms with van der Waals surface area (Å²) in [6, 6.07) is 67.5. The molecule has 0 N–H and O–H groups in total. The number of hydrogen-bond acceptors (Lipinski definition) is 3. The molecular weight excluding hydrogens is 791 g/mol. The second-order valence-corrected chi connectivity index (χ2v) is 19.2. The Labute approximate surface area is 379 Å². The van der Waals surface area contributed by atoms with E-state index in [2.05, 4.69) is 232 Å². The van der Waals surface area contributed by atoms with Gasteiger partial charge in [-0.2, -0.15) is 9.97 Å². The van der Waals surface area contributed by atoms with Crippen LogP contribution in [0, 0.1) is 5.92 Å². The molecule has 3 heterocycles. The van der Waals surface area contributed by atoms with E-state index in [0.29, 0.717) is 23.5 Å². The van der Waals surface area contributed by atoms with Gasteiger partial charge in [-0.05, 0) is 80.8 Å². The molecule has 0 saturated heterocycles. The van der Waals surface area contributed by atoms with Crippen LogP contribution in [0.2, 0.25) is 0 Å². The average Bonchev–Trinajstić information content (AvgIpc) is 3.87. The van der Waals surface area contributed by atoms with Crippen LogP contribution in [-0.2, 0) is 10.8 Å². The van der Waals surface area contributed by atoms with Crippen molar-refractivity contribution in [3.05, 3.63) is 199 Å². The molecule has 0 fully saturated rings. The Morgan fingerprint density at radius 1 is 0.415 bits per heavy atom. The number of aromatic nitrogens is 5. The van der Waals surface area contributed by atoms with Crippen molar-refractivity contribution in [2.75, 3.05) is 0 Å². The lowest BCUT2D eigenvalue weighted by atomic mass is 9.58. The quantitative estimate of drug-likeness (QED) is 0.168. The number of rotatable bonds is 6. The van der Waals surface area contributed by atoms with E-state index in [1.807, 2.05) is 0 Å². The van der Waals surface area contributed by atoms with Crippen molar-refractivity contribution >= 4 is 43.6 Å². The summed E-state index contributed by atoms with van der Waals surface area (Å²) < 4.78 is 4.79. The van der Waals surface area contributed by atoms with Crippen molar-refractivity contribution in [2.45, 2.75) is 51.9 Å². The molecule has 65 heavy (non-hydrogen) atoms. The summed E-state index contributed by atoms with van der Waals surface area (Å²) in [7, 11) is 0. The largest absolute Gasteiger partial charge is 0.307 e. The summed E-state index contributed by atoms with van der Waals surface area (Å²) >= 11 is 0. The van der Waals surface area contributed by atoms with Crippen molar-refractivity contribution in [1.82, 2.24) is 24.1 Å². The highest BCUT2D eigenvalue weighted by molar-refractivity contribution is 6.23. The summed E-state index contributed by atoms with van der Waals surface area (Å²) in [5.41, 5.74) is 15.0. The van der Waals surface area contributed by atoms with Gasteiger partial charge < -0.3 is 4.57 Å². The van der Waals surface area contributed by atoms with E-state index >= 15 is 0 Å². The Morgan fingerprint density at radius 3 is 1.40 bits per heavy atom. The molecule has 11 aromatic rings. The smallest absolute Gasteiger partial charge is 0.238 e. The molecule has 12 rings (SSSR count). The fourth-order valence-electron chi connectivity index (χ4n) is 10.8. The molecule has 1 unspecified atom stereocenters. The van der Waals surface area contributed by atoms with Gasteiger partial charge in [0, 0.05) is 38.4 Å². The van der Waals surface area contributed by atoms with Gasteiger partial charge in [0.25, 0.3) is 0 Å². The Balaban J connectivity index is 1.14. The molecule has 5 nitrogen and oxygen atoms in total. The minimum atomic E-state index is 0.0140. The third-order valence-corrected chi connectivity index (χ3v) is 14.5. The summed E-state index contributed by atoms with van der Waals surface area (Å²) in [6.07, 6.45) is 1.16. The minimum absolute atomic E-state index is 0.0140. The van der Waals surface area contributed by atoms with Gasteiger partial charge in [-0.15, -0.1) is 0 Å². The van der Waals surface area contributed by atoms with Gasteiger partial charge in [0.15, 0.2) is 11.6 Å². The van der Waals surface area contributed by atoms with Crippen LogP contribution in [0.4, 0.5) is 0 Å². The average molecular weight is 840 g/mol. The number of fused-ring (bicyclic) bond motifs is 8. The zero-order chi connectivity index (χ0) is 44.0. The van der Waals surface area contributed by atoms with Crippen molar-refractivity contribution in [1.29, 1.82) is 0 Å². The lowest BCUT2D eigenvalue weighted by molar-refractivity contribution is 0.233. The molecule has 1 atom stereocenters. The number of hydrogen-bond donors (Lipinski definition) is 0. The van der Waals surface area contributed by atoms with E-state index in [4.69, 9.17) is 15.0 Å². The van der Waals surface area contributed by atoms with Crippen molar-refractivity contribution in [2.24, 2.45) is 5.92 Å². The molecule has 0 aliphatic heterocycles. The maximum absolute atomic E-state index is 5.44. The van der Waals surface area contributed by atoms with Crippen LogP contribution in [0.1, 0.15) is 52.2 Å². The topological polar surface area (TPSA) is 48.5 Å². The van der Waals surface area contributed by atoms with Gasteiger partial charge >= 0.3 is 0 Å². The van der Waals surface area contributed by atoms with E-state index < -0.39 is 0 Å². The second-order valence-electron chi connectivity index (χ2n) is 19.2. The molecule has 0 bridgehead atoms. The SMILES string of the molecule is CC1CC(C)(C)c2ccc(-n3c4ccccc4c4ccc5c6ccccc6n(-c6nc(-c7ccc(-c8ccccc8)cc7)nc(-c7ccc(-c8ccccc8)cc7)n6)c5c43)cc2C1(C)C. The summed E-state index contributed by atoms with van der Waals surface area (Å²) in [4.78, 5) is 16.1. The summed E-state index contributed by atoms with van der Waals surface area (Å²) in [6.45, 7) is 12.1. The second kappa shape index (κ2) is 14.7. The highest BCUT2D eigenvalue weighted by atomic mass is 15.2. The first kappa shape index (κ1) is 39.0. The van der Waals surface area contributed by atoms with E-state index in [9.17, 15) is 0 Å². The zero-order valence-corrected chi connectivity index (χ0v) is 37.4. The third kappa shape index (κ3) is 6.24. The first-order valence-corrected chi connectivity index (χ1v) is 22.8. The lowest BCUT2D eigenvalue weighted by Gasteiger charge is -2.46. The van der Waals surface area contributed by atoms with Crippen LogP contribution in [-0.4, -0.2) is 24.1 Å². The molecule has 0 spiro atoms. The third-order valence-electron chi connectivity index (χ3n) is 14.5. The minimum Gasteiger partial charge on any atom is -0.307 e. The van der Waals surface area contributed by atoms with Crippen LogP contribution < -0.4 is 0 Å². The fourth-order valence-corrected chi connectivity index (χ4v) is 10.8. The number of benzene rings is 8. The van der Waals surface area contributed by atoms with Crippen LogP contribution >= 0.6 is 0 Å². The number of para-hydroxylation sites is 2. The maximum atomic E-state index is 5.44. The van der Waals surface area contributed by atoms with E-state index in [-0.39, 0.29) is 10.8 Å². The first-order chi connectivity index (χ1) is 31.6. The summed E-state index contributed by atoms with van der Waals surface area (Å²) in [5, 5.41) is 4.69. The zero-order valence-electron chi connectivity index (χ0n) is 37.4. The Bertz CT molecular complexity index is 3510. The molecule has 5 heteroatoms. The highest BCUT2D eigenvalue weighted by Crippen LogP contribution is 2.50. The normalized spacial score (nSPS) is 15.5. The van der Waals surface area contributed by atoms with E-state index in [1.54, 1.807) is 0 Å². The van der Waals surface area contributed by atoms with Gasteiger partial charge in [-0.3, -0.25) is 4.57 Å². The molecule has 0 radical (unpaired) electrons. The Hall–Kier alpha value is -7.63. The van der Waals surface area contributed by atoms with Gasteiger partial charge in [0.05, 0.1) is 22.1 Å². The van der Waals surface area contributed by atoms with Crippen molar-refractivity contribution < 1.29 is 0 Å². The Morgan fingerprint density at radius 2 is 0.862 bits per heavy atom. The van der Waals surface area contributed by atoms with Crippen LogP contribution in [0.15, 0.2) is 188 Å². The maximum Gasteiger partial charge on any atom is 0.238 e. The summed E-state index contributed by atoms with van der Waals surface area (Å²) in [5.74, 6) is 2.33. The highest BCUT2D eigenvalue weighted by Gasteiger charge is 2.42. The Kier molecular flexibility index (Phi) is 8.83. The van der Waals surface area contributed by atoms with Crippen molar-refractivity contribution in [3.8, 4) is 56.7 Å².